The van der Waals surface area contributed by atoms with Crippen LogP contribution < -0.4 is 5.73 Å². The van der Waals surface area contributed by atoms with Crippen molar-refractivity contribution in [3.63, 3.8) is 0 Å². The molecule has 0 aliphatic carbocycles. The van der Waals surface area contributed by atoms with E-state index in [-0.39, 0.29) is 0 Å². The van der Waals surface area contributed by atoms with E-state index >= 15 is 0 Å². The number of hydrogen-bond donors (Lipinski definition) is 1. The fourth-order valence-corrected chi connectivity index (χ4v) is 0.788. The van der Waals surface area contributed by atoms with Gasteiger partial charge >= 0.3 is 0 Å². The predicted molar refractivity (Wildman–Crippen MR) is 50.5 cm³/mol. The molecule has 0 aliphatic heterocycles. The molecule has 0 saturated heterocycles. The molecule has 0 atom stereocenters. The SMILES string of the molecule is CCCOCCOCCOCC[NH3+]. The van der Waals surface area contributed by atoms with Crippen molar-refractivity contribution in [2.45, 2.75) is 13.3 Å². The molecule has 0 bridgehead atoms. The highest BCUT2D eigenvalue weighted by atomic mass is 16.5. The first-order chi connectivity index (χ1) is 6.41. The Kier molecular flexibility index (Phi) is 11.7. The molecule has 4 nitrogen and oxygen atoms in total. The molecule has 0 spiro atoms. The highest BCUT2D eigenvalue weighted by molar-refractivity contribution is 4.33. The molecular formula is C9H22NO3+. The van der Waals surface area contributed by atoms with E-state index in [1.807, 2.05) is 0 Å². The molecule has 80 valence electrons. The van der Waals surface area contributed by atoms with Crippen molar-refractivity contribution >= 4 is 0 Å². The standard InChI is InChI=1S/C9H21NO3/c1-2-4-11-6-8-13-9-7-12-5-3-10/h2-10H2,1H3/p+1. The Morgan fingerprint density at radius 1 is 0.769 bits per heavy atom. The van der Waals surface area contributed by atoms with E-state index in [1.54, 1.807) is 0 Å². The number of quaternary nitrogens is 1. The zero-order valence-electron chi connectivity index (χ0n) is 8.59. The van der Waals surface area contributed by atoms with Crippen LogP contribution in [0.1, 0.15) is 13.3 Å². The number of rotatable bonds is 10. The Balaban J connectivity index is 2.76. The average molecular weight is 192 g/mol. The summed E-state index contributed by atoms with van der Waals surface area (Å²) in [5.41, 5.74) is 3.67. The van der Waals surface area contributed by atoms with Crippen LogP contribution in [0.25, 0.3) is 0 Å². The fraction of sp³-hybridized carbons (Fsp3) is 1.00. The molecule has 0 fully saturated rings. The minimum atomic E-state index is 0.648. The summed E-state index contributed by atoms with van der Waals surface area (Å²) >= 11 is 0. The van der Waals surface area contributed by atoms with Crippen LogP contribution in [0.4, 0.5) is 0 Å². The first-order valence-corrected chi connectivity index (χ1v) is 4.94. The van der Waals surface area contributed by atoms with Gasteiger partial charge in [-0.1, -0.05) is 6.92 Å². The summed E-state index contributed by atoms with van der Waals surface area (Å²) in [6, 6.07) is 0. The Morgan fingerprint density at radius 2 is 1.23 bits per heavy atom. The van der Waals surface area contributed by atoms with Crippen LogP contribution in [0.3, 0.4) is 0 Å². The van der Waals surface area contributed by atoms with Crippen LogP contribution in [0.15, 0.2) is 0 Å². The smallest absolute Gasteiger partial charge is 0.0977 e. The minimum absolute atomic E-state index is 0.648. The maximum Gasteiger partial charge on any atom is 0.0977 e. The van der Waals surface area contributed by atoms with Gasteiger partial charge in [0.05, 0.1) is 39.6 Å². The van der Waals surface area contributed by atoms with Gasteiger partial charge in [-0.3, -0.25) is 0 Å². The molecule has 0 saturated carbocycles. The van der Waals surface area contributed by atoms with Crippen molar-refractivity contribution in [2.24, 2.45) is 0 Å². The average Bonchev–Trinajstić information content (AvgIpc) is 2.16. The minimum Gasteiger partial charge on any atom is -0.379 e. The second-order valence-electron chi connectivity index (χ2n) is 2.69. The monoisotopic (exact) mass is 192 g/mol. The van der Waals surface area contributed by atoms with E-state index in [0.29, 0.717) is 26.4 Å². The molecular weight excluding hydrogens is 170 g/mol. The van der Waals surface area contributed by atoms with Gasteiger partial charge < -0.3 is 19.9 Å². The summed E-state index contributed by atoms with van der Waals surface area (Å²) in [5.74, 6) is 0. The zero-order valence-corrected chi connectivity index (χ0v) is 8.59. The maximum atomic E-state index is 5.26. The molecule has 0 amide bonds. The van der Waals surface area contributed by atoms with Crippen LogP contribution in [-0.2, 0) is 14.2 Å². The molecule has 0 aromatic carbocycles. The molecule has 0 radical (unpaired) electrons. The highest BCUT2D eigenvalue weighted by Crippen LogP contribution is 1.82. The van der Waals surface area contributed by atoms with Gasteiger partial charge in [0.2, 0.25) is 0 Å². The Morgan fingerprint density at radius 3 is 1.69 bits per heavy atom. The van der Waals surface area contributed by atoms with Gasteiger partial charge in [0, 0.05) is 6.61 Å². The van der Waals surface area contributed by atoms with Gasteiger partial charge in [-0.25, -0.2) is 0 Å². The summed E-state index contributed by atoms with van der Waals surface area (Å²) in [6.07, 6.45) is 1.06. The predicted octanol–water partition coefficient (Wildman–Crippen LogP) is -0.312. The lowest BCUT2D eigenvalue weighted by atomic mass is 10.5. The third-order valence-electron chi connectivity index (χ3n) is 1.38. The zero-order chi connectivity index (χ0) is 9.78. The number of hydrogen-bond acceptors (Lipinski definition) is 3. The lowest BCUT2D eigenvalue weighted by Crippen LogP contribution is -2.52. The van der Waals surface area contributed by atoms with E-state index in [4.69, 9.17) is 14.2 Å². The third kappa shape index (κ3) is 11.8. The van der Waals surface area contributed by atoms with Crippen molar-refractivity contribution in [3.8, 4) is 0 Å². The van der Waals surface area contributed by atoms with Gasteiger partial charge in [-0.15, -0.1) is 0 Å². The molecule has 0 unspecified atom stereocenters. The largest absolute Gasteiger partial charge is 0.379 e. The summed E-state index contributed by atoms with van der Waals surface area (Å²) in [6.45, 7) is 7.10. The van der Waals surface area contributed by atoms with Crippen molar-refractivity contribution in [1.29, 1.82) is 0 Å². The molecule has 3 N–H and O–H groups in total. The summed E-state index contributed by atoms with van der Waals surface area (Å²) in [5, 5.41) is 0. The molecule has 0 aliphatic rings. The van der Waals surface area contributed by atoms with Gasteiger partial charge in [0.15, 0.2) is 0 Å². The lowest BCUT2D eigenvalue weighted by molar-refractivity contribution is -0.374. The highest BCUT2D eigenvalue weighted by Gasteiger charge is 1.90. The van der Waals surface area contributed by atoms with Gasteiger partial charge in [-0.05, 0) is 6.42 Å². The molecule has 0 aromatic heterocycles. The summed E-state index contributed by atoms with van der Waals surface area (Å²) < 4.78 is 15.7. The van der Waals surface area contributed by atoms with Crippen molar-refractivity contribution in [2.75, 3.05) is 46.2 Å². The van der Waals surface area contributed by atoms with E-state index in [9.17, 15) is 0 Å². The van der Waals surface area contributed by atoms with Crippen LogP contribution in [0.2, 0.25) is 0 Å². The quantitative estimate of drug-likeness (QED) is 0.483. The summed E-state index contributed by atoms with van der Waals surface area (Å²) in [7, 11) is 0. The van der Waals surface area contributed by atoms with Crippen molar-refractivity contribution < 1.29 is 19.9 Å². The normalized spacial score (nSPS) is 10.6. The van der Waals surface area contributed by atoms with Crippen molar-refractivity contribution in [3.05, 3.63) is 0 Å². The second-order valence-corrected chi connectivity index (χ2v) is 2.69. The van der Waals surface area contributed by atoms with Crippen molar-refractivity contribution in [1.82, 2.24) is 0 Å². The first kappa shape index (κ1) is 12.8. The Labute approximate surface area is 80.3 Å². The Bertz CT molecular complexity index is 80.9. The van der Waals surface area contributed by atoms with E-state index in [1.165, 1.54) is 0 Å². The number of ether oxygens (including phenoxy) is 3. The van der Waals surface area contributed by atoms with E-state index in [0.717, 1.165) is 26.2 Å². The lowest BCUT2D eigenvalue weighted by Gasteiger charge is -2.04. The Hall–Kier alpha value is -0.160. The van der Waals surface area contributed by atoms with Gasteiger partial charge in [-0.2, -0.15) is 0 Å². The molecule has 13 heavy (non-hydrogen) atoms. The first-order valence-electron chi connectivity index (χ1n) is 4.94. The molecule has 4 heteroatoms. The molecule has 0 heterocycles. The molecule has 0 aromatic rings. The third-order valence-corrected chi connectivity index (χ3v) is 1.38. The van der Waals surface area contributed by atoms with Crippen LogP contribution in [-0.4, -0.2) is 46.2 Å². The summed E-state index contributed by atoms with van der Waals surface area (Å²) in [4.78, 5) is 0. The van der Waals surface area contributed by atoms with Gasteiger partial charge in [0.25, 0.3) is 0 Å². The van der Waals surface area contributed by atoms with E-state index in [2.05, 4.69) is 12.7 Å². The second kappa shape index (κ2) is 11.8. The topological polar surface area (TPSA) is 55.3 Å². The molecule has 0 rings (SSSR count). The maximum absolute atomic E-state index is 5.26. The van der Waals surface area contributed by atoms with Crippen LogP contribution >= 0.6 is 0 Å². The van der Waals surface area contributed by atoms with Crippen LogP contribution in [0.5, 0.6) is 0 Å². The van der Waals surface area contributed by atoms with Gasteiger partial charge in [0.1, 0.15) is 0 Å². The fourth-order valence-electron chi connectivity index (χ4n) is 0.788. The van der Waals surface area contributed by atoms with Crippen LogP contribution in [0, 0.1) is 0 Å². The van der Waals surface area contributed by atoms with E-state index < -0.39 is 0 Å².